The van der Waals surface area contributed by atoms with Gasteiger partial charge in [-0.3, -0.25) is 9.48 Å². The monoisotopic (exact) mass is 225 g/mol. The summed E-state index contributed by atoms with van der Waals surface area (Å²) >= 11 is 0. The van der Waals surface area contributed by atoms with Crippen molar-refractivity contribution in [1.82, 2.24) is 15.1 Å². The van der Waals surface area contributed by atoms with Crippen LogP contribution in [0.4, 0.5) is 0 Å². The Morgan fingerprint density at radius 1 is 1.69 bits per heavy atom. The Bertz CT molecular complexity index is 349. The lowest BCUT2D eigenvalue weighted by Crippen LogP contribution is -2.43. The molecule has 0 aromatic carbocycles. The first-order valence-electron chi connectivity index (χ1n) is 5.54. The fourth-order valence-electron chi connectivity index (χ4n) is 1.71. The van der Waals surface area contributed by atoms with Crippen molar-refractivity contribution in [2.24, 2.45) is 0 Å². The average molecular weight is 225 g/mol. The van der Waals surface area contributed by atoms with E-state index < -0.39 is 12.0 Å². The highest BCUT2D eigenvalue weighted by Crippen LogP contribution is 2.13. The van der Waals surface area contributed by atoms with Gasteiger partial charge in [-0.25, -0.2) is 0 Å². The van der Waals surface area contributed by atoms with Crippen molar-refractivity contribution in [2.75, 3.05) is 6.54 Å². The molecule has 0 aliphatic carbocycles. The van der Waals surface area contributed by atoms with Gasteiger partial charge in [-0.2, -0.15) is 5.10 Å². The number of carboxylic acids is 1. The van der Waals surface area contributed by atoms with Crippen LogP contribution in [0.5, 0.6) is 0 Å². The molecule has 5 heteroatoms. The number of nitrogens with zero attached hydrogens (tertiary/aromatic N) is 2. The van der Waals surface area contributed by atoms with Gasteiger partial charge in [0.25, 0.3) is 0 Å². The highest BCUT2D eigenvalue weighted by molar-refractivity contribution is 5.74. The number of rotatable bonds is 6. The molecule has 5 nitrogen and oxygen atoms in total. The lowest BCUT2D eigenvalue weighted by atomic mass is 10.1. The Morgan fingerprint density at radius 3 is 2.81 bits per heavy atom. The van der Waals surface area contributed by atoms with Gasteiger partial charge in [-0.05, 0) is 32.9 Å². The fourth-order valence-corrected chi connectivity index (χ4v) is 1.71. The van der Waals surface area contributed by atoms with Crippen LogP contribution in [0.15, 0.2) is 12.3 Å². The Labute approximate surface area is 95.5 Å². The first-order chi connectivity index (χ1) is 7.57. The molecule has 0 saturated carbocycles. The Morgan fingerprint density at radius 2 is 2.38 bits per heavy atom. The van der Waals surface area contributed by atoms with Gasteiger partial charge in [0.05, 0.1) is 6.04 Å². The molecule has 0 saturated heterocycles. The van der Waals surface area contributed by atoms with E-state index in [2.05, 4.69) is 10.4 Å². The van der Waals surface area contributed by atoms with E-state index in [0.29, 0.717) is 6.54 Å². The van der Waals surface area contributed by atoms with Gasteiger partial charge in [-0.1, -0.05) is 6.92 Å². The third-order valence-corrected chi connectivity index (χ3v) is 2.62. The predicted octanol–water partition coefficient (Wildman–Crippen LogP) is 1.21. The molecule has 1 aromatic heterocycles. The third kappa shape index (κ3) is 2.82. The topological polar surface area (TPSA) is 67.2 Å². The SMILES string of the molecule is CCCNC(C(=O)O)C(C)n1nccc1C. The molecule has 0 aliphatic rings. The van der Waals surface area contributed by atoms with Gasteiger partial charge >= 0.3 is 5.97 Å². The third-order valence-electron chi connectivity index (χ3n) is 2.62. The largest absolute Gasteiger partial charge is 0.480 e. The number of hydrogen-bond acceptors (Lipinski definition) is 3. The molecule has 2 N–H and O–H groups in total. The van der Waals surface area contributed by atoms with Crippen LogP contribution in [-0.2, 0) is 4.79 Å². The maximum atomic E-state index is 11.1. The van der Waals surface area contributed by atoms with Crippen molar-refractivity contribution < 1.29 is 9.90 Å². The minimum Gasteiger partial charge on any atom is -0.480 e. The molecular weight excluding hydrogens is 206 g/mol. The smallest absolute Gasteiger partial charge is 0.322 e. The van der Waals surface area contributed by atoms with E-state index in [1.54, 1.807) is 10.9 Å². The molecule has 1 rings (SSSR count). The summed E-state index contributed by atoms with van der Waals surface area (Å²) in [6.07, 6.45) is 2.60. The first-order valence-corrected chi connectivity index (χ1v) is 5.54. The molecule has 1 heterocycles. The number of nitrogens with one attached hydrogen (secondary N) is 1. The second kappa shape index (κ2) is 5.65. The maximum Gasteiger partial charge on any atom is 0.322 e. The number of carboxylic acid groups (broad SMARTS) is 1. The van der Waals surface area contributed by atoms with Gasteiger partial charge in [0.2, 0.25) is 0 Å². The predicted molar refractivity (Wildman–Crippen MR) is 61.4 cm³/mol. The number of carbonyl (C=O) groups is 1. The first kappa shape index (κ1) is 12.7. The number of aliphatic carboxylic acids is 1. The van der Waals surface area contributed by atoms with Crippen LogP contribution < -0.4 is 5.32 Å². The summed E-state index contributed by atoms with van der Waals surface area (Å²) in [6.45, 7) is 6.49. The minimum atomic E-state index is -0.837. The summed E-state index contributed by atoms with van der Waals surface area (Å²) in [7, 11) is 0. The van der Waals surface area contributed by atoms with Crippen LogP contribution >= 0.6 is 0 Å². The fraction of sp³-hybridized carbons (Fsp3) is 0.636. The molecule has 1 aromatic rings. The lowest BCUT2D eigenvalue weighted by Gasteiger charge is -2.22. The number of hydrogen-bond donors (Lipinski definition) is 2. The van der Waals surface area contributed by atoms with Gasteiger partial charge in [0.15, 0.2) is 0 Å². The van der Waals surface area contributed by atoms with E-state index in [1.807, 2.05) is 26.8 Å². The summed E-state index contributed by atoms with van der Waals surface area (Å²) in [6, 6.07) is 1.08. The molecule has 0 aliphatic heterocycles. The van der Waals surface area contributed by atoms with Crippen LogP contribution in [0, 0.1) is 6.92 Å². The van der Waals surface area contributed by atoms with Gasteiger partial charge < -0.3 is 10.4 Å². The van der Waals surface area contributed by atoms with Crippen LogP contribution in [-0.4, -0.2) is 33.4 Å². The molecule has 0 fully saturated rings. The van der Waals surface area contributed by atoms with Crippen molar-refractivity contribution >= 4 is 5.97 Å². The molecule has 0 radical (unpaired) electrons. The highest BCUT2D eigenvalue weighted by atomic mass is 16.4. The van der Waals surface area contributed by atoms with E-state index >= 15 is 0 Å². The second-order valence-electron chi connectivity index (χ2n) is 3.93. The zero-order chi connectivity index (χ0) is 12.1. The van der Waals surface area contributed by atoms with E-state index in [4.69, 9.17) is 5.11 Å². The standard InChI is InChI=1S/C11H19N3O2/c1-4-6-12-10(11(15)16)9(3)14-8(2)5-7-13-14/h5,7,9-10,12H,4,6H2,1-3H3,(H,15,16). The maximum absolute atomic E-state index is 11.1. The number of aryl methyl sites for hydroxylation is 1. The average Bonchev–Trinajstić information content (AvgIpc) is 2.64. The summed E-state index contributed by atoms with van der Waals surface area (Å²) in [4.78, 5) is 11.1. The molecule has 90 valence electrons. The molecule has 0 amide bonds. The van der Waals surface area contributed by atoms with Crippen molar-refractivity contribution in [3.8, 4) is 0 Å². The number of aromatic nitrogens is 2. The van der Waals surface area contributed by atoms with Crippen LogP contribution in [0.1, 0.15) is 32.0 Å². The summed E-state index contributed by atoms with van der Waals surface area (Å²) < 4.78 is 1.74. The molecule has 0 spiro atoms. The second-order valence-corrected chi connectivity index (χ2v) is 3.93. The Hall–Kier alpha value is -1.36. The van der Waals surface area contributed by atoms with Crippen molar-refractivity contribution in [3.63, 3.8) is 0 Å². The zero-order valence-electron chi connectivity index (χ0n) is 9.97. The van der Waals surface area contributed by atoms with Crippen molar-refractivity contribution in [1.29, 1.82) is 0 Å². The summed E-state index contributed by atoms with van der Waals surface area (Å²) in [5.74, 6) is -0.837. The Balaban J connectivity index is 2.78. The van der Waals surface area contributed by atoms with Crippen LogP contribution in [0.3, 0.4) is 0 Å². The van der Waals surface area contributed by atoms with E-state index in [0.717, 1.165) is 12.1 Å². The quantitative estimate of drug-likeness (QED) is 0.763. The molecule has 0 bridgehead atoms. The van der Waals surface area contributed by atoms with Gasteiger partial charge in [-0.15, -0.1) is 0 Å². The summed E-state index contributed by atoms with van der Waals surface area (Å²) in [5, 5.41) is 16.3. The normalized spacial score (nSPS) is 14.7. The van der Waals surface area contributed by atoms with E-state index in [1.165, 1.54) is 0 Å². The summed E-state index contributed by atoms with van der Waals surface area (Å²) in [5.41, 5.74) is 0.969. The molecular formula is C11H19N3O2. The molecule has 2 unspecified atom stereocenters. The van der Waals surface area contributed by atoms with Crippen molar-refractivity contribution in [2.45, 2.75) is 39.3 Å². The van der Waals surface area contributed by atoms with Gasteiger partial charge in [0, 0.05) is 11.9 Å². The Kier molecular flexibility index (Phi) is 4.49. The van der Waals surface area contributed by atoms with Crippen LogP contribution in [0.2, 0.25) is 0 Å². The lowest BCUT2D eigenvalue weighted by molar-refractivity contribution is -0.140. The minimum absolute atomic E-state index is 0.195. The molecule has 16 heavy (non-hydrogen) atoms. The van der Waals surface area contributed by atoms with Crippen LogP contribution in [0.25, 0.3) is 0 Å². The molecule has 2 atom stereocenters. The highest BCUT2D eigenvalue weighted by Gasteiger charge is 2.26. The zero-order valence-corrected chi connectivity index (χ0v) is 9.97. The van der Waals surface area contributed by atoms with Crippen molar-refractivity contribution in [3.05, 3.63) is 18.0 Å². The van der Waals surface area contributed by atoms with E-state index in [9.17, 15) is 4.79 Å². The van der Waals surface area contributed by atoms with Gasteiger partial charge in [0.1, 0.15) is 6.04 Å². The van der Waals surface area contributed by atoms with E-state index in [-0.39, 0.29) is 6.04 Å².